The van der Waals surface area contributed by atoms with E-state index in [-0.39, 0.29) is 11.9 Å². The van der Waals surface area contributed by atoms with E-state index in [2.05, 4.69) is 4.98 Å². The number of aromatic nitrogens is 2. The lowest BCUT2D eigenvalue weighted by molar-refractivity contribution is -0.128. The molecule has 0 amide bonds. The first-order chi connectivity index (χ1) is 7.22. The minimum absolute atomic E-state index is 0.0981. The molecule has 1 atom stereocenters. The first-order valence-corrected chi connectivity index (χ1v) is 5.28. The molecule has 1 aromatic rings. The summed E-state index contributed by atoms with van der Waals surface area (Å²) in [5.41, 5.74) is 0. The van der Waals surface area contributed by atoms with Crippen LogP contribution < -0.4 is 0 Å². The second-order valence-corrected chi connectivity index (χ2v) is 3.41. The third-order valence-corrected chi connectivity index (χ3v) is 2.49. The van der Waals surface area contributed by atoms with Crippen LogP contribution in [0.25, 0.3) is 0 Å². The summed E-state index contributed by atoms with van der Waals surface area (Å²) in [6, 6.07) is 0. The molecule has 4 heteroatoms. The molecule has 0 fully saturated rings. The number of hydrogen-bond donors (Lipinski definition) is 0. The Bertz CT molecular complexity index is 316. The fourth-order valence-electron chi connectivity index (χ4n) is 1.59. The highest BCUT2D eigenvalue weighted by Crippen LogP contribution is 2.05. The van der Waals surface area contributed by atoms with Crippen molar-refractivity contribution < 1.29 is 9.53 Å². The third-order valence-electron chi connectivity index (χ3n) is 2.49. The molecule has 0 aliphatic heterocycles. The van der Waals surface area contributed by atoms with Gasteiger partial charge in [0, 0.05) is 26.0 Å². The predicted molar refractivity (Wildman–Crippen MR) is 57.7 cm³/mol. The Morgan fingerprint density at radius 1 is 1.60 bits per heavy atom. The molecule has 0 saturated heterocycles. The van der Waals surface area contributed by atoms with Gasteiger partial charge in [0.15, 0.2) is 5.78 Å². The van der Waals surface area contributed by atoms with Gasteiger partial charge in [-0.15, -0.1) is 0 Å². The molecule has 0 aliphatic rings. The standard InChI is InChI=1S/C11H18N2O2/c1-4-10(15-3)9(14)8-11-12-6-7-13(11)5-2/h6-7,10H,4-5,8H2,1-3H3. The number of imidazole rings is 1. The number of ketones is 1. The number of carbonyl (C=O) groups is 1. The van der Waals surface area contributed by atoms with Gasteiger partial charge in [-0.3, -0.25) is 4.79 Å². The third kappa shape index (κ3) is 2.89. The van der Waals surface area contributed by atoms with E-state index in [0.29, 0.717) is 12.8 Å². The first-order valence-electron chi connectivity index (χ1n) is 5.28. The van der Waals surface area contributed by atoms with Crippen LogP contribution in [0, 0.1) is 0 Å². The van der Waals surface area contributed by atoms with Gasteiger partial charge in [-0.1, -0.05) is 6.92 Å². The monoisotopic (exact) mass is 210 g/mol. The quantitative estimate of drug-likeness (QED) is 0.713. The summed E-state index contributed by atoms with van der Waals surface area (Å²) in [6.07, 6.45) is 4.37. The number of Topliss-reactive ketones (excluding diaryl/α,β-unsaturated/α-hetero) is 1. The first kappa shape index (κ1) is 11.9. The van der Waals surface area contributed by atoms with Gasteiger partial charge in [-0.05, 0) is 13.3 Å². The minimum Gasteiger partial charge on any atom is -0.374 e. The molecule has 0 bridgehead atoms. The summed E-state index contributed by atoms with van der Waals surface area (Å²) in [4.78, 5) is 15.9. The molecule has 15 heavy (non-hydrogen) atoms. The molecule has 4 nitrogen and oxygen atoms in total. The van der Waals surface area contributed by atoms with Gasteiger partial charge in [-0.2, -0.15) is 0 Å². The van der Waals surface area contributed by atoms with Gasteiger partial charge < -0.3 is 9.30 Å². The van der Waals surface area contributed by atoms with E-state index in [1.54, 1.807) is 13.3 Å². The van der Waals surface area contributed by atoms with Crippen LogP contribution in [-0.4, -0.2) is 28.5 Å². The van der Waals surface area contributed by atoms with Gasteiger partial charge in [0.05, 0.1) is 6.42 Å². The number of rotatable bonds is 6. The lowest BCUT2D eigenvalue weighted by Crippen LogP contribution is -2.25. The van der Waals surface area contributed by atoms with Gasteiger partial charge in [-0.25, -0.2) is 4.98 Å². The van der Waals surface area contributed by atoms with Gasteiger partial charge >= 0.3 is 0 Å². The predicted octanol–water partition coefficient (Wildman–Crippen LogP) is 1.44. The Balaban J connectivity index is 2.65. The molecule has 0 N–H and O–H groups in total. The van der Waals surface area contributed by atoms with E-state index in [4.69, 9.17) is 4.74 Å². The normalized spacial score (nSPS) is 12.7. The van der Waals surface area contributed by atoms with Gasteiger partial charge in [0.1, 0.15) is 11.9 Å². The Kier molecular flexibility index (Phi) is 4.49. The highest BCUT2D eigenvalue weighted by molar-refractivity contribution is 5.84. The molecule has 0 saturated carbocycles. The van der Waals surface area contributed by atoms with Crippen LogP contribution in [0.5, 0.6) is 0 Å². The van der Waals surface area contributed by atoms with Crippen molar-refractivity contribution in [2.45, 2.75) is 39.3 Å². The number of aryl methyl sites for hydroxylation is 1. The molecule has 1 rings (SSSR count). The van der Waals surface area contributed by atoms with Crippen molar-refractivity contribution in [1.82, 2.24) is 9.55 Å². The molecule has 1 heterocycles. The Morgan fingerprint density at radius 3 is 2.87 bits per heavy atom. The molecule has 0 spiro atoms. The molecule has 0 aliphatic carbocycles. The number of carbonyl (C=O) groups excluding carboxylic acids is 1. The Morgan fingerprint density at radius 2 is 2.33 bits per heavy atom. The van der Waals surface area contributed by atoms with Crippen LogP contribution in [0.4, 0.5) is 0 Å². The number of ether oxygens (including phenoxy) is 1. The zero-order valence-electron chi connectivity index (χ0n) is 9.56. The fourth-order valence-corrected chi connectivity index (χ4v) is 1.59. The SMILES string of the molecule is CCC(OC)C(=O)Cc1nccn1CC. The molecular weight excluding hydrogens is 192 g/mol. The highest BCUT2D eigenvalue weighted by Gasteiger charge is 2.17. The molecule has 1 aromatic heterocycles. The van der Waals surface area contributed by atoms with Crippen LogP contribution in [0.1, 0.15) is 26.1 Å². The molecule has 84 valence electrons. The number of hydrogen-bond acceptors (Lipinski definition) is 3. The zero-order valence-corrected chi connectivity index (χ0v) is 9.56. The minimum atomic E-state index is -0.299. The Labute approximate surface area is 90.3 Å². The lowest BCUT2D eigenvalue weighted by Gasteiger charge is -2.11. The van der Waals surface area contributed by atoms with Crippen molar-refractivity contribution in [3.63, 3.8) is 0 Å². The second-order valence-electron chi connectivity index (χ2n) is 3.41. The average Bonchev–Trinajstić information content (AvgIpc) is 2.67. The lowest BCUT2D eigenvalue weighted by atomic mass is 10.1. The molecule has 0 aromatic carbocycles. The topological polar surface area (TPSA) is 44.1 Å². The van der Waals surface area contributed by atoms with Crippen LogP contribution >= 0.6 is 0 Å². The van der Waals surface area contributed by atoms with Gasteiger partial charge in [0.25, 0.3) is 0 Å². The highest BCUT2D eigenvalue weighted by atomic mass is 16.5. The van der Waals surface area contributed by atoms with E-state index in [9.17, 15) is 4.79 Å². The summed E-state index contributed by atoms with van der Waals surface area (Å²) >= 11 is 0. The maximum atomic E-state index is 11.8. The molecule has 0 radical (unpaired) electrons. The summed E-state index contributed by atoms with van der Waals surface area (Å²) in [7, 11) is 1.57. The summed E-state index contributed by atoms with van der Waals surface area (Å²) < 4.78 is 7.07. The fraction of sp³-hybridized carbons (Fsp3) is 0.636. The second kappa shape index (κ2) is 5.66. The van der Waals surface area contributed by atoms with Crippen LogP contribution in [0.3, 0.4) is 0 Å². The molecular formula is C11H18N2O2. The van der Waals surface area contributed by atoms with E-state index in [1.165, 1.54) is 0 Å². The Hall–Kier alpha value is -1.16. The molecule has 1 unspecified atom stereocenters. The van der Waals surface area contributed by atoms with Gasteiger partial charge in [0.2, 0.25) is 0 Å². The van der Waals surface area contributed by atoms with Crippen LogP contribution in [0.15, 0.2) is 12.4 Å². The largest absolute Gasteiger partial charge is 0.374 e. The summed E-state index contributed by atoms with van der Waals surface area (Å²) in [6.45, 7) is 4.81. The number of nitrogens with zero attached hydrogens (tertiary/aromatic N) is 2. The van der Waals surface area contributed by atoms with Crippen molar-refractivity contribution in [3.8, 4) is 0 Å². The zero-order chi connectivity index (χ0) is 11.3. The van der Waals surface area contributed by atoms with Crippen molar-refractivity contribution >= 4 is 5.78 Å². The van der Waals surface area contributed by atoms with E-state index in [0.717, 1.165) is 12.4 Å². The maximum absolute atomic E-state index is 11.8. The smallest absolute Gasteiger partial charge is 0.169 e. The van der Waals surface area contributed by atoms with E-state index < -0.39 is 0 Å². The van der Waals surface area contributed by atoms with Crippen LogP contribution in [0.2, 0.25) is 0 Å². The average molecular weight is 210 g/mol. The van der Waals surface area contributed by atoms with E-state index in [1.807, 2.05) is 24.6 Å². The summed E-state index contributed by atoms with van der Waals surface area (Å²) in [5.74, 6) is 0.916. The van der Waals surface area contributed by atoms with Crippen molar-refractivity contribution in [3.05, 3.63) is 18.2 Å². The van der Waals surface area contributed by atoms with E-state index >= 15 is 0 Å². The summed E-state index contributed by atoms with van der Waals surface area (Å²) in [5, 5.41) is 0. The van der Waals surface area contributed by atoms with Crippen molar-refractivity contribution in [2.75, 3.05) is 7.11 Å². The van der Waals surface area contributed by atoms with Crippen molar-refractivity contribution in [1.29, 1.82) is 0 Å². The van der Waals surface area contributed by atoms with Crippen LogP contribution in [-0.2, 0) is 22.5 Å². The number of methoxy groups -OCH3 is 1. The van der Waals surface area contributed by atoms with Crippen molar-refractivity contribution in [2.24, 2.45) is 0 Å². The maximum Gasteiger partial charge on any atom is 0.169 e.